The van der Waals surface area contributed by atoms with E-state index in [9.17, 15) is 4.39 Å². The SMILES string of the molecule is N[C@H]1CCC[C@@H](c2cc3c(-c4cccc(F)c4)c(Cl)cnc3[nH]2)C1. The lowest BCUT2D eigenvalue weighted by molar-refractivity contribution is 0.389. The molecular formula is C19H19ClFN3. The lowest BCUT2D eigenvalue weighted by Gasteiger charge is -2.25. The molecule has 4 rings (SSSR count). The van der Waals surface area contributed by atoms with E-state index in [0.717, 1.165) is 53.5 Å². The van der Waals surface area contributed by atoms with E-state index in [-0.39, 0.29) is 11.9 Å². The molecule has 1 aliphatic rings. The van der Waals surface area contributed by atoms with Crippen LogP contribution in [-0.4, -0.2) is 16.0 Å². The standard InChI is InChI=1S/C19H19ClFN3/c20-16-10-23-19-15(18(16)12-4-1-5-13(21)7-12)9-17(24-19)11-3-2-6-14(22)8-11/h1,4-5,7,9-11,14H,2-3,6,8,22H2,(H,23,24)/t11-,14+/m1/s1. The Morgan fingerprint density at radius 3 is 2.92 bits per heavy atom. The molecule has 0 spiro atoms. The van der Waals surface area contributed by atoms with Crippen molar-refractivity contribution in [2.45, 2.75) is 37.6 Å². The molecule has 1 fully saturated rings. The third-order valence-corrected chi connectivity index (χ3v) is 5.19. The third kappa shape index (κ3) is 2.80. The molecule has 0 saturated heterocycles. The van der Waals surface area contributed by atoms with Crippen LogP contribution in [-0.2, 0) is 0 Å². The van der Waals surface area contributed by atoms with Crippen molar-refractivity contribution in [2.75, 3.05) is 0 Å². The molecule has 0 bridgehead atoms. The maximum atomic E-state index is 13.6. The predicted octanol–water partition coefficient (Wildman–Crippen LogP) is 5.01. The number of nitrogens with two attached hydrogens (primary N) is 1. The van der Waals surface area contributed by atoms with E-state index in [1.807, 2.05) is 6.07 Å². The van der Waals surface area contributed by atoms with Gasteiger partial charge in [0.1, 0.15) is 11.5 Å². The van der Waals surface area contributed by atoms with Crippen molar-refractivity contribution in [3.05, 3.63) is 53.1 Å². The number of aromatic amines is 1. The van der Waals surface area contributed by atoms with Crippen molar-refractivity contribution in [1.82, 2.24) is 9.97 Å². The van der Waals surface area contributed by atoms with E-state index in [0.29, 0.717) is 10.9 Å². The van der Waals surface area contributed by atoms with Gasteiger partial charge in [0.25, 0.3) is 0 Å². The van der Waals surface area contributed by atoms with E-state index >= 15 is 0 Å². The Morgan fingerprint density at radius 1 is 1.25 bits per heavy atom. The van der Waals surface area contributed by atoms with E-state index in [1.165, 1.54) is 12.1 Å². The Kier molecular flexibility index (Phi) is 4.02. The number of aromatic nitrogens is 2. The lowest BCUT2D eigenvalue weighted by atomic mass is 9.84. The highest BCUT2D eigenvalue weighted by Crippen LogP contribution is 2.38. The van der Waals surface area contributed by atoms with Crippen LogP contribution in [0.15, 0.2) is 36.5 Å². The molecule has 1 saturated carbocycles. The summed E-state index contributed by atoms with van der Waals surface area (Å²) in [6.07, 6.45) is 5.97. The molecular weight excluding hydrogens is 325 g/mol. The minimum atomic E-state index is -0.275. The zero-order valence-electron chi connectivity index (χ0n) is 13.2. The number of pyridine rings is 1. The van der Waals surface area contributed by atoms with Gasteiger partial charge in [-0.2, -0.15) is 0 Å². The van der Waals surface area contributed by atoms with Crippen LogP contribution in [0.25, 0.3) is 22.2 Å². The van der Waals surface area contributed by atoms with Gasteiger partial charge in [-0.3, -0.25) is 0 Å². The summed E-state index contributed by atoms with van der Waals surface area (Å²) in [6, 6.07) is 8.87. The highest BCUT2D eigenvalue weighted by molar-refractivity contribution is 6.34. The van der Waals surface area contributed by atoms with Crippen LogP contribution in [0, 0.1) is 5.82 Å². The summed E-state index contributed by atoms with van der Waals surface area (Å²) in [6.45, 7) is 0. The Morgan fingerprint density at radius 2 is 2.12 bits per heavy atom. The highest BCUT2D eigenvalue weighted by atomic mass is 35.5. The van der Waals surface area contributed by atoms with Crippen LogP contribution in [0.5, 0.6) is 0 Å². The van der Waals surface area contributed by atoms with Gasteiger partial charge in [-0.25, -0.2) is 9.37 Å². The second-order valence-corrected chi connectivity index (χ2v) is 7.01. The van der Waals surface area contributed by atoms with Crippen LogP contribution >= 0.6 is 11.6 Å². The Labute approximate surface area is 145 Å². The van der Waals surface area contributed by atoms with Gasteiger partial charge in [-0.15, -0.1) is 0 Å². The third-order valence-electron chi connectivity index (χ3n) is 4.90. The molecule has 3 N–H and O–H groups in total. The van der Waals surface area contributed by atoms with E-state index in [1.54, 1.807) is 12.3 Å². The first kappa shape index (κ1) is 15.6. The molecule has 2 heterocycles. The summed E-state index contributed by atoms with van der Waals surface area (Å²) in [5.41, 5.74) is 9.64. The number of hydrogen-bond donors (Lipinski definition) is 2. The topological polar surface area (TPSA) is 54.7 Å². The van der Waals surface area contributed by atoms with Crippen LogP contribution in [0.4, 0.5) is 4.39 Å². The minimum Gasteiger partial charge on any atom is -0.343 e. The highest BCUT2D eigenvalue weighted by Gasteiger charge is 2.23. The summed E-state index contributed by atoms with van der Waals surface area (Å²) >= 11 is 6.39. The molecule has 0 radical (unpaired) electrons. The van der Waals surface area contributed by atoms with Crippen molar-refractivity contribution < 1.29 is 4.39 Å². The maximum absolute atomic E-state index is 13.6. The predicted molar refractivity (Wildman–Crippen MR) is 95.7 cm³/mol. The molecule has 1 aliphatic carbocycles. The number of halogens is 2. The number of rotatable bonds is 2. The van der Waals surface area contributed by atoms with Gasteiger partial charge < -0.3 is 10.7 Å². The molecule has 0 unspecified atom stereocenters. The van der Waals surface area contributed by atoms with E-state index in [4.69, 9.17) is 17.3 Å². The van der Waals surface area contributed by atoms with E-state index < -0.39 is 0 Å². The Bertz CT molecular complexity index is 889. The van der Waals surface area contributed by atoms with Crippen LogP contribution < -0.4 is 5.73 Å². The van der Waals surface area contributed by atoms with Crippen molar-refractivity contribution in [3.63, 3.8) is 0 Å². The molecule has 2 aromatic heterocycles. The first-order chi connectivity index (χ1) is 11.6. The monoisotopic (exact) mass is 343 g/mol. The molecule has 124 valence electrons. The zero-order chi connectivity index (χ0) is 16.7. The fourth-order valence-electron chi connectivity index (χ4n) is 3.74. The quantitative estimate of drug-likeness (QED) is 0.687. The molecule has 3 aromatic rings. The molecule has 24 heavy (non-hydrogen) atoms. The molecule has 0 aliphatic heterocycles. The molecule has 1 aromatic carbocycles. The van der Waals surface area contributed by atoms with Crippen LogP contribution in [0.2, 0.25) is 5.02 Å². The number of H-pyrrole nitrogens is 1. The molecule has 3 nitrogen and oxygen atoms in total. The second-order valence-electron chi connectivity index (χ2n) is 6.60. The number of benzene rings is 1. The summed E-state index contributed by atoms with van der Waals surface area (Å²) < 4.78 is 13.6. The zero-order valence-corrected chi connectivity index (χ0v) is 14.0. The fraction of sp³-hybridized carbons (Fsp3) is 0.316. The summed E-state index contributed by atoms with van der Waals surface area (Å²) in [4.78, 5) is 7.83. The van der Waals surface area contributed by atoms with E-state index in [2.05, 4.69) is 16.0 Å². The summed E-state index contributed by atoms with van der Waals surface area (Å²) in [5, 5.41) is 1.46. The summed E-state index contributed by atoms with van der Waals surface area (Å²) in [7, 11) is 0. The first-order valence-corrected chi connectivity index (χ1v) is 8.68. The van der Waals surface area contributed by atoms with Crippen LogP contribution in [0.3, 0.4) is 0 Å². The number of nitrogens with zero attached hydrogens (tertiary/aromatic N) is 1. The largest absolute Gasteiger partial charge is 0.343 e. The Balaban J connectivity index is 1.83. The first-order valence-electron chi connectivity index (χ1n) is 8.30. The average molecular weight is 344 g/mol. The van der Waals surface area contributed by atoms with Gasteiger partial charge in [0.05, 0.1) is 5.02 Å². The number of hydrogen-bond acceptors (Lipinski definition) is 2. The van der Waals surface area contributed by atoms with Gasteiger partial charge >= 0.3 is 0 Å². The van der Waals surface area contributed by atoms with Gasteiger partial charge in [-0.05, 0) is 43.0 Å². The van der Waals surface area contributed by atoms with Crippen molar-refractivity contribution in [1.29, 1.82) is 0 Å². The number of fused-ring (bicyclic) bond motifs is 1. The van der Waals surface area contributed by atoms with Crippen molar-refractivity contribution in [2.24, 2.45) is 5.73 Å². The fourth-order valence-corrected chi connectivity index (χ4v) is 4.00. The molecule has 0 amide bonds. The van der Waals surface area contributed by atoms with Gasteiger partial charge in [0.15, 0.2) is 0 Å². The van der Waals surface area contributed by atoms with Crippen molar-refractivity contribution >= 4 is 22.6 Å². The summed E-state index contributed by atoms with van der Waals surface area (Å²) in [5.74, 6) is 0.143. The van der Waals surface area contributed by atoms with Gasteiger partial charge in [0, 0.05) is 34.8 Å². The lowest BCUT2D eigenvalue weighted by Crippen LogP contribution is -2.26. The normalized spacial score (nSPS) is 21.3. The maximum Gasteiger partial charge on any atom is 0.138 e. The average Bonchev–Trinajstić information content (AvgIpc) is 2.99. The molecule has 5 heteroatoms. The minimum absolute atomic E-state index is 0.259. The van der Waals surface area contributed by atoms with Crippen molar-refractivity contribution in [3.8, 4) is 11.1 Å². The number of nitrogens with one attached hydrogen (secondary N) is 1. The van der Waals surface area contributed by atoms with Crippen LogP contribution in [0.1, 0.15) is 37.3 Å². The van der Waals surface area contributed by atoms with Gasteiger partial charge in [-0.1, -0.05) is 30.2 Å². The smallest absolute Gasteiger partial charge is 0.138 e. The molecule has 2 atom stereocenters. The van der Waals surface area contributed by atoms with Gasteiger partial charge in [0.2, 0.25) is 0 Å². The second kappa shape index (κ2) is 6.19. The Hall–Kier alpha value is -1.91.